The number of esters is 1. The molecule has 0 spiro atoms. The summed E-state index contributed by atoms with van der Waals surface area (Å²) in [6, 6.07) is 14.4. The zero-order valence-corrected chi connectivity index (χ0v) is 19.1. The second-order valence-electron chi connectivity index (χ2n) is 7.21. The van der Waals surface area contributed by atoms with E-state index < -0.39 is 12.1 Å². The maximum absolute atomic E-state index is 13.1. The molecule has 2 N–H and O–H groups in total. The third-order valence-electron chi connectivity index (χ3n) is 4.89. The highest BCUT2D eigenvalue weighted by atomic mass is 32.2. The van der Waals surface area contributed by atoms with Gasteiger partial charge in [0.15, 0.2) is 6.10 Å². The van der Waals surface area contributed by atoms with Crippen LogP contribution in [0.4, 0.5) is 0 Å². The molecule has 0 aliphatic rings. The molecule has 1 atom stereocenters. The highest BCUT2D eigenvalue weighted by Gasteiger charge is 2.25. The Labute approximate surface area is 190 Å². The summed E-state index contributed by atoms with van der Waals surface area (Å²) in [4.78, 5) is 41.7. The number of carbonyl (C=O) groups is 3. The largest absolute Gasteiger partial charge is 0.451 e. The minimum Gasteiger partial charge on any atom is -0.451 e. The average Bonchev–Trinajstić information content (AvgIpc) is 3.13. The summed E-state index contributed by atoms with van der Waals surface area (Å²) in [5, 5.41) is 3.54. The van der Waals surface area contributed by atoms with Crippen molar-refractivity contribution in [3.8, 4) is 0 Å². The molecule has 0 bridgehead atoms. The maximum atomic E-state index is 13.1. The van der Waals surface area contributed by atoms with Gasteiger partial charge in [-0.25, -0.2) is 4.79 Å². The SMILES string of the molecule is COCCNC(=O)CSc1ccccc1C(=O)OC(C)C(=O)c1c(C)[nH]c2ccccc12. The second kappa shape index (κ2) is 11.0. The Morgan fingerprint density at radius 3 is 2.59 bits per heavy atom. The van der Waals surface area contributed by atoms with Crippen LogP contribution in [0.2, 0.25) is 0 Å². The molecule has 8 heteroatoms. The summed E-state index contributed by atoms with van der Waals surface area (Å²) >= 11 is 1.24. The minimum atomic E-state index is -0.962. The van der Waals surface area contributed by atoms with Crippen molar-refractivity contribution in [3.05, 3.63) is 65.4 Å². The number of amides is 1. The lowest BCUT2D eigenvalue weighted by molar-refractivity contribution is -0.118. The molecular weight excluding hydrogens is 428 g/mol. The van der Waals surface area contributed by atoms with E-state index in [0.29, 0.717) is 29.2 Å². The molecule has 0 aliphatic carbocycles. The number of fused-ring (bicyclic) bond motifs is 1. The molecule has 1 aromatic heterocycles. The van der Waals surface area contributed by atoms with Crippen LogP contribution < -0.4 is 5.32 Å². The van der Waals surface area contributed by atoms with E-state index in [4.69, 9.17) is 9.47 Å². The summed E-state index contributed by atoms with van der Waals surface area (Å²) in [5.74, 6) is -0.882. The van der Waals surface area contributed by atoms with Crippen molar-refractivity contribution in [2.45, 2.75) is 24.8 Å². The molecule has 3 rings (SSSR count). The first kappa shape index (κ1) is 23.6. The number of carbonyl (C=O) groups excluding carboxylic acids is 3. The molecule has 1 amide bonds. The second-order valence-corrected chi connectivity index (χ2v) is 8.23. The lowest BCUT2D eigenvalue weighted by atomic mass is 10.0. The van der Waals surface area contributed by atoms with Gasteiger partial charge in [-0.2, -0.15) is 0 Å². The van der Waals surface area contributed by atoms with E-state index in [1.807, 2.05) is 31.2 Å². The van der Waals surface area contributed by atoms with Crippen LogP contribution in [0.15, 0.2) is 53.4 Å². The van der Waals surface area contributed by atoms with Crippen LogP contribution in [0, 0.1) is 6.92 Å². The van der Waals surface area contributed by atoms with Crippen molar-refractivity contribution in [2.24, 2.45) is 0 Å². The van der Waals surface area contributed by atoms with Gasteiger partial charge in [-0.05, 0) is 32.0 Å². The first-order valence-corrected chi connectivity index (χ1v) is 11.2. The summed E-state index contributed by atoms with van der Waals surface area (Å²) in [6.45, 7) is 4.25. The number of hydrogen-bond acceptors (Lipinski definition) is 6. The third-order valence-corrected chi connectivity index (χ3v) is 5.96. The maximum Gasteiger partial charge on any atom is 0.339 e. The number of rotatable bonds is 10. The van der Waals surface area contributed by atoms with Gasteiger partial charge in [0, 0.05) is 40.7 Å². The van der Waals surface area contributed by atoms with Crippen molar-refractivity contribution in [2.75, 3.05) is 26.0 Å². The van der Waals surface area contributed by atoms with Crippen molar-refractivity contribution in [1.82, 2.24) is 10.3 Å². The number of hydrogen-bond donors (Lipinski definition) is 2. The number of para-hydroxylation sites is 1. The molecule has 168 valence electrons. The standard InChI is InChI=1S/C24H26N2O5S/c1-15-22(17-8-4-6-10-19(17)26-15)23(28)16(2)31-24(29)18-9-5-7-11-20(18)32-14-21(27)25-12-13-30-3/h4-11,16,26H,12-14H2,1-3H3,(H,25,27). The Bertz CT molecular complexity index is 1120. The van der Waals surface area contributed by atoms with E-state index in [1.165, 1.54) is 11.8 Å². The van der Waals surface area contributed by atoms with Crippen LogP contribution in [0.3, 0.4) is 0 Å². The Balaban J connectivity index is 1.68. The molecule has 0 aliphatic heterocycles. The van der Waals surface area contributed by atoms with Crippen molar-refractivity contribution in [3.63, 3.8) is 0 Å². The molecule has 2 aromatic carbocycles. The van der Waals surface area contributed by atoms with E-state index in [0.717, 1.165) is 16.6 Å². The number of benzene rings is 2. The van der Waals surface area contributed by atoms with Gasteiger partial charge < -0.3 is 19.8 Å². The van der Waals surface area contributed by atoms with Gasteiger partial charge in [0.2, 0.25) is 11.7 Å². The summed E-state index contributed by atoms with van der Waals surface area (Å²) in [6.07, 6.45) is -0.962. The fraction of sp³-hybridized carbons (Fsp3) is 0.292. The van der Waals surface area contributed by atoms with Gasteiger partial charge in [-0.1, -0.05) is 30.3 Å². The van der Waals surface area contributed by atoms with Gasteiger partial charge in [-0.3, -0.25) is 9.59 Å². The average molecular weight is 455 g/mol. The monoisotopic (exact) mass is 454 g/mol. The van der Waals surface area contributed by atoms with Crippen molar-refractivity contribution in [1.29, 1.82) is 0 Å². The number of Topliss-reactive ketones (excluding diaryl/α,β-unsaturated/α-hetero) is 1. The molecule has 0 saturated carbocycles. The number of aromatic nitrogens is 1. The molecule has 32 heavy (non-hydrogen) atoms. The first-order chi connectivity index (χ1) is 15.4. The van der Waals surface area contributed by atoms with E-state index in [9.17, 15) is 14.4 Å². The Kier molecular flexibility index (Phi) is 8.08. The Morgan fingerprint density at radius 2 is 1.81 bits per heavy atom. The molecule has 0 fully saturated rings. The van der Waals surface area contributed by atoms with E-state index in [2.05, 4.69) is 10.3 Å². The van der Waals surface area contributed by atoms with Crippen LogP contribution >= 0.6 is 11.8 Å². The van der Waals surface area contributed by atoms with Crippen molar-refractivity contribution >= 4 is 40.3 Å². The van der Waals surface area contributed by atoms with E-state index in [1.54, 1.807) is 38.3 Å². The number of ketones is 1. The first-order valence-electron chi connectivity index (χ1n) is 10.2. The molecule has 0 radical (unpaired) electrons. The Hall–Kier alpha value is -3.10. The molecule has 0 saturated heterocycles. The molecular formula is C24H26N2O5S. The van der Waals surface area contributed by atoms with Gasteiger partial charge in [0.05, 0.1) is 17.9 Å². The number of aromatic amines is 1. The number of H-pyrrole nitrogens is 1. The highest BCUT2D eigenvalue weighted by Crippen LogP contribution is 2.26. The predicted octanol–water partition coefficient (Wildman–Crippen LogP) is 3.76. The smallest absolute Gasteiger partial charge is 0.339 e. The number of nitrogens with one attached hydrogen (secondary N) is 2. The zero-order chi connectivity index (χ0) is 23.1. The number of aryl methyl sites for hydroxylation is 1. The molecule has 1 unspecified atom stereocenters. The zero-order valence-electron chi connectivity index (χ0n) is 18.3. The van der Waals surface area contributed by atoms with E-state index in [-0.39, 0.29) is 17.4 Å². The normalized spacial score (nSPS) is 11.8. The number of ether oxygens (including phenoxy) is 2. The fourth-order valence-corrected chi connectivity index (χ4v) is 4.19. The van der Waals surface area contributed by atoms with Gasteiger partial charge in [-0.15, -0.1) is 11.8 Å². The van der Waals surface area contributed by atoms with Crippen LogP contribution in [0.1, 0.15) is 33.3 Å². The molecule has 1 heterocycles. The highest BCUT2D eigenvalue weighted by molar-refractivity contribution is 8.00. The van der Waals surface area contributed by atoms with Crippen LogP contribution in [-0.4, -0.2) is 54.8 Å². The summed E-state index contributed by atoms with van der Waals surface area (Å²) in [5.41, 5.74) is 2.43. The van der Waals surface area contributed by atoms with Gasteiger partial charge in [0.25, 0.3) is 0 Å². The third kappa shape index (κ3) is 5.57. The minimum absolute atomic E-state index is 0.150. The summed E-state index contributed by atoms with van der Waals surface area (Å²) < 4.78 is 10.4. The Morgan fingerprint density at radius 1 is 1.09 bits per heavy atom. The van der Waals surface area contributed by atoms with Crippen LogP contribution in [0.25, 0.3) is 10.9 Å². The quantitative estimate of drug-likeness (QED) is 0.210. The predicted molar refractivity (Wildman–Crippen MR) is 124 cm³/mol. The molecule has 7 nitrogen and oxygen atoms in total. The lowest BCUT2D eigenvalue weighted by Gasteiger charge is -2.14. The number of methoxy groups -OCH3 is 1. The van der Waals surface area contributed by atoms with E-state index >= 15 is 0 Å². The topological polar surface area (TPSA) is 97.5 Å². The fourth-order valence-electron chi connectivity index (χ4n) is 3.32. The lowest BCUT2D eigenvalue weighted by Crippen LogP contribution is -2.28. The van der Waals surface area contributed by atoms with Crippen LogP contribution in [0.5, 0.6) is 0 Å². The molecule has 3 aromatic rings. The van der Waals surface area contributed by atoms with Crippen LogP contribution in [-0.2, 0) is 14.3 Å². The number of thioether (sulfide) groups is 1. The summed E-state index contributed by atoms with van der Waals surface area (Å²) in [7, 11) is 1.56. The van der Waals surface area contributed by atoms with Gasteiger partial charge >= 0.3 is 5.97 Å². The van der Waals surface area contributed by atoms with Crippen molar-refractivity contribution < 1.29 is 23.9 Å². The van der Waals surface area contributed by atoms with Gasteiger partial charge in [0.1, 0.15) is 0 Å².